The lowest BCUT2D eigenvalue weighted by atomic mass is 9.84. The Bertz CT molecular complexity index is 826. The highest BCUT2D eigenvalue weighted by molar-refractivity contribution is 6.31. The van der Waals surface area contributed by atoms with Crippen LogP contribution in [0.1, 0.15) is 56.9 Å². The van der Waals surface area contributed by atoms with E-state index in [2.05, 4.69) is 16.3 Å². The second-order valence-corrected chi connectivity index (χ2v) is 9.48. The van der Waals surface area contributed by atoms with Crippen LogP contribution in [-0.2, 0) is 11.0 Å². The van der Waals surface area contributed by atoms with Gasteiger partial charge in [-0.2, -0.15) is 18.4 Å². The maximum Gasteiger partial charge on any atom is 0.417 e. The van der Waals surface area contributed by atoms with Crippen molar-refractivity contribution >= 4 is 23.2 Å². The molecule has 1 N–H and O–H groups in total. The molecule has 182 valence electrons. The quantitative estimate of drug-likeness (QED) is 0.513. The molecule has 1 aromatic rings. The van der Waals surface area contributed by atoms with Gasteiger partial charge in [0.15, 0.2) is 0 Å². The van der Waals surface area contributed by atoms with Crippen molar-refractivity contribution in [1.82, 2.24) is 10.2 Å². The number of benzene rings is 1. The molecule has 1 saturated carbocycles. The van der Waals surface area contributed by atoms with Crippen LogP contribution in [0.4, 0.5) is 18.9 Å². The SMILES string of the molecule is N#CCCCC(=O)N[C@H]1CC[C@H](CCN2CCN(c3ccc(Cl)c(C(F)(F)F)c3)CC2)CC1. The van der Waals surface area contributed by atoms with Crippen LogP contribution in [-0.4, -0.2) is 49.6 Å². The van der Waals surface area contributed by atoms with Gasteiger partial charge in [0, 0.05) is 50.7 Å². The van der Waals surface area contributed by atoms with E-state index >= 15 is 0 Å². The number of hydrogen-bond acceptors (Lipinski definition) is 4. The van der Waals surface area contributed by atoms with Crippen LogP contribution in [0.3, 0.4) is 0 Å². The van der Waals surface area contributed by atoms with Crippen molar-refractivity contribution in [2.24, 2.45) is 5.92 Å². The lowest BCUT2D eigenvalue weighted by molar-refractivity contribution is -0.137. The maximum absolute atomic E-state index is 13.1. The first-order valence-electron chi connectivity index (χ1n) is 11.8. The third-order valence-corrected chi connectivity index (χ3v) is 7.08. The molecule has 0 aromatic heterocycles. The second kappa shape index (κ2) is 11.9. The summed E-state index contributed by atoms with van der Waals surface area (Å²) in [5.41, 5.74) is -0.211. The number of unbranched alkanes of at least 4 members (excludes halogenated alkanes) is 1. The number of nitrogens with one attached hydrogen (secondary N) is 1. The van der Waals surface area contributed by atoms with Crippen LogP contribution in [0.2, 0.25) is 5.02 Å². The van der Waals surface area contributed by atoms with Crippen molar-refractivity contribution in [1.29, 1.82) is 5.26 Å². The fourth-order valence-electron chi connectivity index (χ4n) is 4.75. The first-order valence-corrected chi connectivity index (χ1v) is 12.1. The van der Waals surface area contributed by atoms with Crippen molar-refractivity contribution in [2.75, 3.05) is 37.6 Å². The van der Waals surface area contributed by atoms with Gasteiger partial charge in [0.25, 0.3) is 0 Å². The predicted molar refractivity (Wildman–Crippen MR) is 123 cm³/mol. The molecule has 2 aliphatic rings. The highest BCUT2D eigenvalue weighted by atomic mass is 35.5. The number of carbonyl (C=O) groups excluding carboxylic acids is 1. The molecule has 0 spiro atoms. The normalized spacial score (nSPS) is 22.1. The molecule has 5 nitrogen and oxygen atoms in total. The summed E-state index contributed by atoms with van der Waals surface area (Å²) < 4.78 is 39.4. The van der Waals surface area contributed by atoms with Gasteiger partial charge in [-0.25, -0.2) is 0 Å². The summed E-state index contributed by atoms with van der Waals surface area (Å²) in [7, 11) is 0. The van der Waals surface area contributed by atoms with Crippen LogP contribution in [0.15, 0.2) is 18.2 Å². The summed E-state index contributed by atoms with van der Waals surface area (Å²) >= 11 is 5.74. The summed E-state index contributed by atoms with van der Waals surface area (Å²) in [5.74, 6) is 0.704. The standard InChI is InChI=1S/C24H32ClF3N4O/c25-22-9-8-20(17-21(22)24(26,27)28)32-15-13-31(14-16-32)12-10-18-4-6-19(7-5-18)30-23(33)3-1-2-11-29/h8-9,17-19H,1-7,10,12-16H2,(H,30,33)/t18-,19-. The van der Waals surface area contributed by atoms with Crippen molar-refractivity contribution in [3.05, 3.63) is 28.8 Å². The Morgan fingerprint density at radius 1 is 1.15 bits per heavy atom. The van der Waals surface area contributed by atoms with Gasteiger partial charge in [0.1, 0.15) is 0 Å². The molecule has 1 saturated heterocycles. The first kappa shape index (κ1) is 25.6. The molecule has 1 heterocycles. The fourth-order valence-corrected chi connectivity index (χ4v) is 4.97. The number of amides is 1. The summed E-state index contributed by atoms with van der Waals surface area (Å²) in [6.07, 6.45) is 2.33. The number of anilines is 1. The van der Waals surface area contributed by atoms with Crippen LogP contribution in [0.25, 0.3) is 0 Å². The van der Waals surface area contributed by atoms with Gasteiger partial charge < -0.3 is 10.2 Å². The summed E-state index contributed by atoms with van der Waals surface area (Å²) in [5, 5.41) is 11.4. The molecule has 0 unspecified atom stereocenters. The molecule has 3 rings (SSSR count). The zero-order chi connectivity index (χ0) is 23.8. The van der Waals surface area contributed by atoms with Gasteiger partial charge in [-0.1, -0.05) is 11.6 Å². The van der Waals surface area contributed by atoms with Gasteiger partial charge in [-0.3, -0.25) is 9.69 Å². The average molecular weight is 485 g/mol. The zero-order valence-corrected chi connectivity index (χ0v) is 19.6. The van der Waals surface area contributed by atoms with Gasteiger partial charge in [-0.05, 0) is 69.2 Å². The summed E-state index contributed by atoms with van der Waals surface area (Å²) in [4.78, 5) is 16.3. The zero-order valence-electron chi connectivity index (χ0n) is 18.8. The van der Waals surface area contributed by atoms with Gasteiger partial charge in [0.05, 0.1) is 16.7 Å². The molecule has 33 heavy (non-hydrogen) atoms. The third-order valence-electron chi connectivity index (χ3n) is 6.75. The Morgan fingerprint density at radius 3 is 2.48 bits per heavy atom. The lowest BCUT2D eigenvalue weighted by Gasteiger charge is -2.37. The molecule has 0 bridgehead atoms. The first-order chi connectivity index (χ1) is 15.8. The molecule has 0 radical (unpaired) electrons. The summed E-state index contributed by atoms with van der Waals surface area (Å²) in [6, 6.07) is 6.45. The Morgan fingerprint density at radius 2 is 1.85 bits per heavy atom. The number of nitrogens with zero attached hydrogens (tertiary/aromatic N) is 3. The molecule has 2 fully saturated rings. The Labute approximate surface area is 198 Å². The number of piperazine rings is 1. The number of rotatable bonds is 8. The molecule has 1 aliphatic heterocycles. The van der Waals surface area contributed by atoms with Crippen molar-refractivity contribution in [3.63, 3.8) is 0 Å². The lowest BCUT2D eigenvalue weighted by Crippen LogP contribution is -2.47. The van der Waals surface area contributed by atoms with Crippen molar-refractivity contribution in [3.8, 4) is 6.07 Å². The molecular formula is C24H32ClF3N4O. The average Bonchev–Trinajstić information content (AvgIpc) is 2.79. The fraction of sp³-hybridized carbons (Fsp3) is 0.667. The highest BCUT2D eigenvalue weighted by Gasteiger charge is 2.34. The van der Waals surface area contributed by atoms with E-state index in [-0.39, 0.29) is 17.0 Å². The minimum atomic E-state index is -4.45. The number of halogens is 4. The molecule has 0 atom stereocenters. The number of hydrogen-bond donors (Lipinski definition) is 1. The Kier molecular flexibility index (Phi) is 9.27. The van der Waals surface area contributed by atoms with Gasteiger partial charge >= 0.3 is 6.18 Å². The van der Waals surface area contributed by atoms with Gasteiger partial charge in [-0.15, -0.1) is 0 Å². The van der Waals surface area contributed by atoms with Crippen molar-refractivity contribution in [2.45, 2.75) is 63.6 Å². The Balaban J connectivity index is 1.36. The van der Waals surface area contributed by atoms with E-state index in [1.165, 1.54) is 6.07 Å². The van der Waals surface area contributed by atoms with Gasteiger partial charge in [0.2, 0.25) is 5.91 Å². The van der Waals surface area contributed by atoms with Crippen LogP contribution in [0.5, 0.6) is 0 Å². The minimum Gasteiger partial charge on any atom is -0.369 e. The van der Waals surface area contributed by atoms with E-state index < -0.39 is 11.7 Å². The predicted octanol–water partition coefficient (Wildman–Crippen LogP) is 5.24. The van der Waals surface area contributed by atoms with E-state index in [0.29, 0.717) is 44.0 Å². The molecule has 1 aromatic carbocycles. The highest BCUT2D eigenvalue weighted by Crippen LogP contribution is 2.37. The third kappa shape index (κ3) is 7.79. The van der Waals surface area contributed by atoms with Crippen LogP contribution >= 0.6 is 11.6 Å². The second-order valence-electron chi connectivity index (χ2n) is 9.08. The number of nitriles is 1. The summed E-state index contributed by atoms with van der Waals surface area (Å²) in [6.45, 7) is 4.06. The molecular weight excluding hydrogens is 453 g/mol. The van der Waals surface area contributed by atoms with Crippen molar-refractivity contribution < 1.29 is 18.0 Å². The van der Waals surface area contributed by atoms with Crippen LogP contribution < -0.4 is 10.2 Å². The van der Waals surface area contributed by atoms with E-state index in [9.17, 15) is 18.0 Å². The van der Waals surface area contributed by atoms with E-state index in [1.54, 1.807) is 6.07 Å². The van der Waals surface area contributed by atoms with E-state index in [1.807, 2.05) is 4.90 Å². The minimum absolute atomic E-state index is 0.0506. The number of alkyl halides is 3. The molecule has 1 aliphatic carbocycles. The van der Waals surface area contributed by atoms with Crippen LogP contribution in [0, 0.1) is 17.2 Å². The molecule has 1 amide bonds. The maximum atomic E-state index is 13.1. The number of carbonyl (C=O) groups is 1. The van der Waals surface area contributed by atoms with E-state index in [4.69, 9.17) is 16.9 Å². The van der Waals surface area contributed by atoms with E-state index in [0.717, 1.165) is 57.8 Å². The largest absolute Gasteiger partial charge is 0.417 e. The smallest absolute Gasteiger partial charge is 0.369 e. The topological polar surface area (TPSA) is 59.4 Å². The Hall–Kier alpha value is -1.98. The molecule has 9 heteroatoms. The monoisotopic (exact) mass is 484 g/mol.